The van der Waals surface area contributed by atoms with E-state index in [4.69, 9.17) is 4.74 Å². The molecule has 1 fully saturated rings. The Balaban J connectivity index is 1.77. The zero-order valence-corrected chi connectivity index (χ0v) is 12.1. The van der Waals surface area contributed by atoms with E-state index in [1.807, 2.05) is 52.9 Å². The Bertz CT molecular complexity index is 679. The molecule has 2 aliphatic heterocycles. The second-order valence-electron chi connectivity index (χ2n) is 5.82. The number of rotatable bonds is 1. The molecule has 3 heterocycles. The first kappa shape index (κ1) is 12.7. The fraction of sp³-hybridized carbons (Fsp3) is 0.353. The van der Waals surface area contributed by atoms with Crippen molar-refractivity contribution >= 4 is 5.91 Å². The molecule has 2 aromatic rings. The van der Waals surface area contributed by atoms with Crippen LogP contribution in [0.15, 0.2) is 48.7 Å². The molecular formula is C17H18N2O2. The van der Waals surface area contributed by atoms with Crippen LogP contribution < -0.4 is 0 Å². The predicted octanol–water partition coefficient (Wildman–Crippen LogP) is 3.05. The zero-order valence-electron chi connectivity index (χ0n) is 12.1. The molecule has 0 N–H and O–H groups in total. The van der Waals surface area contributed by atoms with E-state index in [-0.39, 0.29) is 30.3 Å². The molecule has 4 heteroatoms. The molecule has 1 amide bonds. The number of ether oxygens (including phenoxy) is 1. The minimum absolute atomic E-state index is 0.0380. The van der Waals surface area contributed by atoms with Gasteiger partial charge in [-0.25, -0.2) is 0 Å². The van der Waals surface area contributed by atoms with Gasteiger partial charge in [0.05, 0.1) is 11.7 Å². The third-order valence-electron chi connectivity index (χ3n) is 4.63. The highest BCUT2D eigenvalue weighted by Crippen LogP contribution is 2.46. The van der Waals surface area contributed by atoms with E-state index in [9.17, 15) is 4.79 Å². The summed E-state index contributed by atoms with van der Waals surface area (Å²) in [6.07, 6.45) is 1.61. The zero-order chi connectivity index (χ0) is 14.6. The number of amides is 1. The van der Waals surface area contributed by atoms with Crippen LogP contribution in [0.1, 0.15) is 43.5 Å². The average Bonchev–Trinajstić information content (AvgIpc) is 3.10. The molecule has 0 aliphatic carbocycles. The van der Waals surface area contributed by atoms with Crippen molar-refractivity contribution in [2.75, 3.05) is 0 Å². The number of hydrogen-bond donors (Lipinski definition) is 0. The molecule has 4 rings (SSSR count). The van der Waals surface area contributed by atoms with Gasteiger partial charge in [0.2, 0.25) is 5.91 Å². The van der Waals surface area contributed by atoms with E-state index in [1.54, 1.807) is 0 Å². The van der Waals surface area contributed by atoms with Gasteiger partial charge >= 0.3 is 0 Å². The summed E-state index contributed by atoms with van der Waals surface area (Å²) < 4.78 is 8.27. The molecule has 4 nitrogen and oxygen atoms in total. The van der Waals surface area contributed by atoms with Crippen LogP contribution in [0.2, 0.25) is 0 Å². The summed E-state index contributed by atoms with van der Waals surface area (Å²) in [6.45, 7) is 4.02. The standard InChI is InChI=1S/C17H18N2O2/c1-11-15(13-7-4-3-5-8-13)21-17-14-9-6-10-18(14)12(2)16(20)19(11)17/h3-12,15,17H,1-2H3/t11-,12-,15-,17+/m1/s1. The monoisotopic (exact) mass is 282 g/mol. The van der Waals surface area contributed by atoms with Crippen LogP contribution in [0.25, 0.3) is 0 Å². The van der Waals surface area contributed by atoms with E-state index in [0.717, 1.165) is 11.3 Å². The maximum absolute atomic E-state index is 12.7. The number of fused-ring (bicyclic) bond motifs is 3. The van der Waals surface area contributed by atoms with Crippen molar-refractivity contribution in [2.45, 2.75) is 38.3 Å². The summed E-state index contributed by atoms with van der Waals surface area (Å²) >= 11 is 0. The fourth-order valence-electron chi connectivity index (χ4n) is 3.51. The van der Waals surface area contributed by atoms with E-state index in [0.29, 0.717) is 0 Å². The molecule has 0 spiro atoms. The van der Waals surface area contributed by atoms with Crippen LogP contribution in [0.5, 0.6) is 0 Å². The van der Waals surface area contributed by atoms with Crippen molar-refractivity contribution in [2.24, 2.45) is 0 Å². The van der Waals surface area contributed by atoms with E-state index in [2.05, 4.69) is 19.1 Å². The maximum Gasteiger partial charge on any atom is 0.248 e. The SMILES string of the molecule is C[C@@H]1[C@H](c2ccccc2)O[C@H]2c3cccn3[C@H](C)C(=O)N12. The molecule has 108 valence electrons. The summed E-state index contributed by atoms with van der Waals surface area (Å²) in [5.74, 6) is 0.134. The lowest BCUT2D eigenvalue weighted by atomic mass is 10.0. The first-order chi connectivity index (χ1) is 10.2. The number of nitrogens with zero attached hydrogens (tertiary/aromatic N) is 2. The maximum atomic E-state index is 12.7. The average molecular weight is 282 g/mol. The van der Waals surface area contributed by atoms with Crippen molar-refractivity contribution in [1.82, 2.24) is 9.47 Å². The van der Waals surface area contributed by atoms with Crippen LogP contribution in [0.3, 0.4) is 0 Å². The van der Waals surface area contributed by atoms with Crippen molar-refractivity contribution in [3.63, 3.8) is 0 Å². The largest absolute Gasteiger partial charge is 0.342 e. The molecule has 4 atom stereocenters. The van der Waals surface area contributed by atoms with Crippen molar-refractivity contribution in [3.8, 4) is 0 Å². The van der Waals surface area contributed by atoms with Gasteiger partial charge in [0.15, 0.2) is 6.23 Å². The molecule has 0 radical (unpaired) electrons. The second kappa shape index (κ2) is 4.46. The molecular weight excluding hydrogens is 264 g/mol. The first-order valence-electron chi connectivity index (χ1n) is 7.38. The third-order valence-corrected chi connectivity index (χ3v) is 4.63. The van der Waals surface area contributed by atoms with Crippen LogP contribution in [-0.4, -0.2) is 21.4 Å². The lowest BCUT2D eigenvalue weighted by molar-refractivity contribution is -0.145. The molecule has 0 unspecified atom stereocenters. The van der Waals surface area contributed by atoms with Crippen LogP contribution in [0, 0.1) is 0 Å². The molecule has 0 bridgehead atoms. The second-order valence-corrected chi connectivity index (χ2v) is 5.82. The molecule has 1 saturated heterocycles. The van der Waals surface area contributed by atoms with Gasteiger partial charge in [0.25, 0.3) is 0 Å². The highest BCUT2D eigenvalue weighted by molar-refractivity contribution is 5.82. The van der Waals surface area contributed by atoms with Crippen molar-refractivity contribution < 1.29 is 9.53 Å². The highest BCUT2D eigenvalue weighted by Gasteiger charge is 2.49. The Labute approximate surface area is 123 Å². The minimum atomic E-state index is -0.274. The summed E-state index contributed by atoms with van der Waals surface area (Å²) in [5, 5.41) is 0. The van der Waals surface area contributed by atoms with Gasteiger partial charge < -0.3 is 14.2 Å². The van der Waals surface area contributed by atoms with Gasteiger partial charge in [0, 0.05) is 6.20 Å². The first-order valence-corrected chi connectivity index (χ1v) is 7.38. The fourth-order valence-corrected chi connectivity index (χ4v) is 3.51. The summed E-state index contributed by atoms with van der Waals surface area (Å²) in [5.41, 5.74) is 2.19. The Morgan fingerprint density at radius 3 is 2.57 bits per heavy atom. The van der Waals surface area contributed by atoms with Gasteiger partial charge in [-0.3, -0.25) is 4.79 Å². The Morgan fingerprint density at radius 2 is 1.81 bits per heavy atom. The van der Waals surface area contributed by atoms with Gasteiger partial charge in [-0.1, -0.05) is 30.3 Å². The molecule has 2 aliphatic rings. The minimum Gasteiger partial charge on any atom is -0.342 e. The lowest BCUT2D eigenvalue weighted by Crippen LogP contribution is -2.45. The smallest absolute Gasteiger partial charge is 0.248 e. The number of aromatic nitrogens is 1. The normalized spacial score (nSPS) is 31.1. The topological polar surface area (TPSA) is 34.5 Å². The van der Waals surface area contributed by atoms with E-state index in [1.165, 1.54) is 0 Å². The van der Waals surface area contributed by atoms with Crippen LogP contribution >= 0.6 is 0 Å². The number of hydrogen-bond acceptors (Lipinski definition) is 2. The summed E-state index contributed by atoms with van der Waals surface area (Å²) in [6, 6.07) is 14.0. The Morgan fingerprint density at radius 1 is 1.05 bits per heavy atom. The van der Waals surface area contributed by atoms with Crippen molar-refractivity contribution in [3.05, 3.63) is 59.9 Å². The Hall–Kier alpha value is -2.07. The summed E-state index contributed by atoms with van der Waals surface area (Å²) in [7, 11) is 0. The van der Waals surface area contributed by atoms with E-state index >= 15 is 0 Å². The highest BCUT2D eigenvalue weighted by atomic mass is 16.5. The van der Waals surface area contributed by atoms with Crippen LogP contribution in [0.4, 0.5) is 0 Å². The van der Waals surface area contributed by atoms with Gasteiger partial charge in [-0.05, 0) is 31.5 Å². The molecule has 0 saturated carbocycles. The predicted molar refractivity (Wildman–Crippen MR) is 78.5 cm³/mol. The third kappa shape index (κ3) is 1.69. The van der Waals surface area contributed by atoms with Gasteiger partial charge in [-0.2, -0.15) is 0 Å². The quantitative estimate of drug-likeness (QED) is 0.805. The van der Waals surface area contributed by atoms with Gasteiger partial charge in [-0.15, -0.1) is 0 Å². The molecule has 1 aromatic heterocycles. The number of carbonyl (C=O) groups excluding carboxylic acids is 1. The summed E-state index contributed by atoms with van der Waals surface area (Å²) in [4.78, 5) is 14.6. The van der Waals surface area contributed by atoms with Crippen molar-refractivity contribution in [1.29, 1.82) is 0 Å². The van der Waals surface area contributed by atoms with E-state index < -0.39 is 0 Å². The number of carbonyl (C=O) groups is 1. The number of benzene rings is 1. The van der Waals surface area contributed by atoms with Crippen LogP contribution in [-0.2, 0) is 9.53 Å². The van der Waals surface area contributed by atoms with Gasteiger partial charge in [0.1, 0.15) is 12.1 Å². The molecule has 21 heavy (non-hydrogen) atoms. The molecule has 1 aromatic carbocycles. The lowest BCUT2D eigenvalue weighted by Gasteiger charge is -2.35. The Kier molecular flexibility index (Phi) is 2.69.